The Hall–Kier alpha value is -1.11. The van der Waals surface area contributed by atoms with Crippen LogP contribution in [0.4, 0.5) is 0 Å². The lowest BCUT2D eigenvalue weighted by Crippen LogP contribution is -2.30. The van der Waals surface area contributed by atoms with Gasteiger partial charge in [0, 0.05) is 13.1 Å². The average molecular weight is 270 g/mol. The smallest absolute Gasteiger partial charge is 0.244 e. The lowest BCUT2D eigenvalue weighted by atomic mass is 10.1. The maximum Gasteiger partial charge on any atom is 0.244 e. The van der Waals surface area contributed by atoms with Gasteiger partial charge in [-0.2, -0.15) is 0 Å². The summed E-state index contributed by atoms with van der Waals surface area (Å²) in [5.74, 6) is 0.129. The molecule has 1 unspecified atom stereocenters. The highest BCUT2D eigenvalue weighted by Crippen LogP contribution is 2.21. The standard InChI is InChI=1S/C12H18N2O3S/c1-14-7-6-10(9-14)8-13-18(16,17)12-5-3-2-4-11(12)15/h2-5,10,13,15H,6-9H2,1H3. The van der Waals surface area contributed by atoms with Crippen LogP contribution in [0.25, 0.3) is 0 Å². The van der Waals surface area contributed by atoms with Gasteiger partial charge in [-0.3, -0.25) is 0 Å². The molecule has 2 N–H and O–H groups in total. The average Bonchev–Trinajstić information content (AvgIpc) is 2.73. The van der Waals surface area contributed by atoms with Crippen LogP contribution in [0.2, 0.25) is 0 Å². The molecule has 100 valence electrons. The third kappa shape index (κ3) is 3.01. The van der Waals surface area contributed by atoms with Crippen LogP contribution in [0, 0.1) is 5.92 Å². The van der Waals surface area contributed by atoms with E-state index in [1.165, 1.54) is 12.1 Å². The van der Waals surface area contributed by atoms with E-state index in [0.29, 0.717) is 12.5 Å². The number of hydrogen-bond donors (Lipinski definition) is 2. The van der Waals surface area contributed by atoms with E-state index in [9.17, 15) is 13.5 Å². The van der Waals surface area contributed by atoms with Crippen molar-refractivity contribution in [1.29, 1.82) is 0 Å². The van der Waals surface area contributed by atoms with Crippen LogP contribution < -0.4 is 4.72 Å². The van der Waals surface area contributed by atoms with E-state index >= 15 is 0 Å². The predicted molar refractivity (Wildman–Crippen MR) is 68.9 cm³/mol. The van der Waals surface area contributed by atoms with Gasteiger partial charge < -0.3 is 10.0 Å². The molecule has 1 saturated heterocycles. The summed E-state index contributed by atoms with van der Waals surface area (Å²) in [5, 5.41) is 9.55. The number of nitrogens with one attached hydrogen (secondary N) is 1. The summed E-state index contributed by atoms with van der Waals surface area (Å²) in [4.78, 5) is 2.12. The molecular formula is C12H18N2O3S. The Morgan fingerprint density at radius 3 is 2.78 bits per heavy atom. The number of phenols is 1. The number of benzene rings is 1. The van der Waals surface area contributed by atoms with Gasteiger partial charge in [-0.05, 0) is 38.1 Å². The van der Waals surface area contributed by atoms with Gasteiger partial charge in [0.15, 0.2) is 0 Å². The molecule has 1 aliphatic rings. The van der Waals surface area contributed by atoms with Gasteiger partial charge in [0.1, 0.15) is 10.6 Å². The van der Waals surface area contributed by atoms with E-state index in [2.05, 4.69) is 9.62 Å². The molecule has 1 aromatic rings. The molecule has 6 heteroatoms. The summed E-state index contributed by atoms with van der Waals surface area (Å²) in [6.07, 6.45) is 1.000. The normalized spacial score (nSPS) is 21.3. The van der Waals surface area contributed by atoms with Gasteiger partial charge in [0.25, 0.3) is 0 Å². The molecule has 0 aliphatic carbocycles. The fourth-order valence-electron chi connectivity index (χ4n) is 2.18. The van der Waals surface area contributed by atoms with E-state index in [4.69, 9.17) is 0 Å². The maximum atomic E-state index is 12.0. The zero-order valence-electron chi connectivity index (χ0n) is 10.3. The second kappa shape index (κ2) is 5.26. The van der Waals surface area contributed by atoms with Gasteiger partial charge >= 0.3 is 0 Å². The summed E-state index contributed by atoms with van der Waals surface area (Å²) in [6, 6.07) is 5.97. The third-order valence-corrected chi connectivity index (χ3v) is 4.68. The van der Waals surface area contributed by atoms with E-state index in [-0.39, 0.29) is 10.6 Å². The van der Waals surface area contributed by atoms with E-state index in [1.807, 2.05) is 7.05 Å². The van der Waals surface area contributed by atoms with Crippen molar-refractivity contribution < 1.29 is 13.5 Å². The molecule has 0 aromatic heterocycles. The molecular weight excluding hydrogens is 252 g/mol. The topological polar surface area (TPSA) is 69.6 Å². The molecule has 0 bridgehead atoms. The fourth-order valence-corrected chi connectivity index (χ4v) is 3.39. The van der Waals surface area contributed by atoms with Crippen LogP contribution >= 0.6 is 0 Å². The first-order chi connectivity index (χ1) is 8.49. The van der Waals surface area contributed by atoms with Crippen LogP contribution in [0.15, 0.2) is 29.2 Å². The summed E-state index contributed by atoms with van der Waals surface area (Å²) in [7, 11) is -1.59. The highest BCUT2D eigenvalue weighted by atomic mass is 32.2. The van der Waals surface area contributed by atoms with E-state index < -0.39 is 10.0 Å². The first kappa shape index (κ1) is 13.3. The number of rotatable bonds is 4. The van der Waals surface area contributed by atoms with Crippen molar-refractivity contribution in [2.45, 2.75) is 11.3 Å². The monoisotopic (exact) mass is 270 g/mol. The first-order valence-corrected chi connectivity index (χ1v) is 7.43. The Labute approximate surface area is 107 Å². The number of nitrogens with zero attached hydrogens (tertiary/aromatic N) is 1. The minimum absolute atomic E-state index is 0.0589. The minimum atomic E-state index is -3.61. The fraction of sp³-hybridized carbons (Fsp3) is 0.500. The predicted octanol–water partition coefficient (Wildman–Crippen LogP) is 0.622. The summed E-state index contributed by atoms with van der Waals surface area (Å²) in [6.45, 7) is 2.33. The quantitative estimate of drug-likeness (QED) is 0.841. The summed E-state index contributed by atoms with van der Waals surface area (Å²) in [5.41, 5.74) is 0. The maximum absolute atomic E-state index is 12.0. The number of sulfonamides is 1. The molecule has 1 atom stereocenters. The second-order valence-electron chi connectivity index (χ2n) is 4.74. The Morgan fingerprint density at radius 1 is 1.44 bits per heavy atom. The van der Waals surface area contributed by atoms with Crippen LogP contribution in [0.5, 0.6) is 5.75 Å². The summed E-state index contributed by atoms with van der Waals surface area (Å²) < 4.78 is 26.6. The minimum Gasteiger partial charge on any atom is -0.507 e. The van der Waals surface area contributed by atoms with E-state index in [0.717, 1.165) is 19.5 Å². The van der Waals surface area contributed by atoms with Crippen molar-refractivity contribution in [3.8, 4) is 5.75 Å². The Morgan fingerprint density at radius 2 is 2.17 bits per heavy atom. The largest absolute Gasteiger partial charge is 0.507 e. The summed E-state index contributed by atoms with van der Waals surface area (Å²) >= 11 is 0. The molecule has 1 fully saturated rings. The van der Waals surface area contributed by atoms with Crippen molar-refractivity contribution in [3.05, 3.63) is 24.3 Å². The zero-order valence-corrected chi connectivity index (χ0v) is 11.2. The van der Waals surface area contributed by atoms with Crippen molar-refractivity contribution in [3.63, 3.8) is 0 Å². The third-order valence-electron chi connectivity index (χ3n) is 3.21. The van der Waals surface area contributed by atoms with Crippen LogP contribution in [-0.4, -0.2) is 45.1 Å². The lowest BCUT2D eigenvalue weighted by Gasteiger charge is -2.12. The first-order valence-electron chi connectivity index (χ1n) is 5.95. The molecule has 0 spiro atoms. The van der Waals surface area contributed by atoms with Crippen LogP contribution in [-0.2, 0) is 10.0 Å². The highest BCUT2D eigenvalue weighted by molar-refractivity contribution is 7.89. The molecule has 2 rings (SSSR count). The zero-order chi connectivity index (χ0) is 13.2. The molecule has 1 aliphatic heterocycles. The van der Waals surface area contributed by atoms with Gasteiger partial charge in [0.05, 0.1) is 0 Å². The van der Waals surface area contributed by atoms with Crippen LogP contribution in [0.1, 0.15) is 6.42 Å². The molecule has 18 heavy (non-hydrogen) atoms. The van der Waals surface area contributed by atoms with Gasteiger partial charge in [-0.1, -0.05) is 12.1 Å². The van der Waals surface area contributed by atoms with E-state index in [1.54, 1.807) is 12.1 Å². The van der Waals surface area contributed by atoms with Crippen molar-refractivity contribution in [2.24, 2.45) is 5.92 Å². The Kier molecular flexibility index (Phi) is 3.89. The number of aromatic hydroxyl groups is 1. The second-order valence-corrected chi connectivity index (χ2v) is 6.47. The number of hydrogen-bond acceptors (Lipinski definition) is 4. The van der Waals surface area contributed by atoms with Crippen molar-refractivity contribution in [1.82, 2.24) is 9.62 Å². The van der Waals surface area contributed by atoms with Gasteiger partial charge in [0.2, 0.25) is 10.0 Å². The van der Waals surface area contributed by atoms with Gasteiger partial charge in [-0.25, -0.2) is 13.1 Å². The molecule has 0 amide bonds. The number of para-hydroxylation sites is 1. The Balaban J connectivity index is 2.02. The lowest BCUT2D eigenvalue weighted by molar-refractivity contribution is 0.394. The molecule has 0 radical (unpaired) electrons. The van der Waals surface area contributed by atoms with Crippen molar-refractivity contribution >= 4 is 10.0 Å². The number of likely N-dealkylation sites (tertiary alicyclic amines) is 1. The van der Waals surface area contributed by atoms with Crippen molar-refractivity contribution in [2.75, 3.05) is 26.7 Å². The molecule has 1 aromatic carbocycles. The highest BCUT2D eigenvalue weighted by Gasteiger charge is 2.23. The molecule has 1 heterocycles. The van der Waals surface area contributed by atoms with Gasteiger partial charge in [-0.15, -0.1) is 0 Å². The molecule has 5 nitrogen and oxygen atoms in total. The SMILES string of the molecule is CN1CCC(CNS(=O)(=O)c2ccccc2O)C1. The molecule has 0 saturated carbocycles. The Bertz CT molecular complexity index is 516. The van der Waals surface area contributed by atoms with Crippen LogP contribution in [0.3, 0.4) is 0 Å². The number of phenolic OH excluding ortho intramolecular Hbond substituents is 1.